The van der Waals surface area contributed by atoms with E-state index in [9.17, 15) is 4.79 Å². The predicted octanol–water partition coefficient (Wildman–Crippen LogP) is 3.55. The second kappa shape index (κ2) is 4.71. The number of nitrogens with zero attached hydrogens (tertiary/aromatic N) is 2. The molecule has 0 radical (unpaired) electrons. The van der Waals surface area contributed by atoms with Crippen LogP contribution in [0.4, 0.5) is 0 Å². The van der Waals surface area contributed by atoms with E-state index in [1.54, 1.807) is 0 Å². The van der Waals surface area contributed by atoms with Crippen LogP contribution in [0.5, 0.6) is 0 Å². The quantitative estimate of drug-likeness (QED) is 0.690. The first-order valence-corrected chi connectivity index (χ1v) is 8.46. The zero-order valence-electron chi connectivity index (χ0n) is 13.2. The molecule has 2 bridgehead atoms. The van der Waals surface area contributed by atoms with Gasteiger partial charge in [0.1, 0.15) is 11.2 Å². The van der Waals surface area contributed by atoms with Gasteiger partial charge in [-0.15, -0.1) is 0 Å². The minimum Gasteiger partial charge on any atom is -0.456 e. The SMILES string of the molecule is CN1C2CCC1CC(n1ccc3oc4ccccc4c3c1=O)C2. The Hall–Kier alpha value is -2.07. The summed E-state index contributed by atoms with van der Waals surface area (Å²) in [5.74, 6) is 0. The normalized spacial score (nSPS) is 28.0. The molecule has 118 valence electrons. The summed E-state index contributed by atoms with van der Waals surface area (Å²) >= 11 is 0. The van der Waals surface area contributed by atoms with E-state index in [0.717, 1.165) is 29.2 Å². The molecule has 2 saturated heterocycles. The maximum absolute atomic E-state index is 13.1. The van der Waals surface area contributed by atoms with Gasteiger partial charge < -0.3 is 13.9 Å². The lowest BCUT2D eigenvalue weighted by Gasteiger charge is -2.37. The number of hydrogen-bond acceptors (Lipinski definition) is 3. The van der Waals surface area contributed by atoms with Crippen LogP contribution in [0.2, 0.25) is 0 Å². The Bertz CT molecular complexity index is 941. The van der Waals surface area contributed by atoms with Crippen LogP contribution in [0.15, 0.2) is 45.7 Å². The van der Waals surface area contributed by atoms with Crippen LogP contribution in [0.25, 0.3) is 21.9 Å². The maximum atomic E-state index is 13.1. The molecule has 2 aliphatic rings. The average Bonchev–Trinajstić information content (AvgIpc) is 3.01. The minimum absolute atomic E-state index is 0.0985. The van der Waals surface area contributed by atoms with Gasteiger partial charge in [0.05, 0.1) is 5.39 Å². The Morgan fingerprint density at radius 2 is 1.74 bits per heavy atom. The molecule has 0 spiro atoms. The molecule has 0 amide bonds. The lowest BCUT2D eigenvalue weighted by molar-refractivity contribution is 0.136. The summed E-state index contributed by atoms with van der Waals surface area (Å²) in [6, 6.07) is 11.3. The molecule has 2 unspecified atom stereocenters. The summed E-state index contributed by atoms with van der Waals surface area (Å²) in [6.07, 6.45) is 6.62. The molecule has 4 nitrogen and oxygen atoms in total. The standard InChI is InChI=1S/C19H20N2O2/c1-20-12-6-7-13(20)11-14(10-12)21-9-8-17-18(19(21)22)15-4-2-3-5-16(15)23-17/h2-5,8-9,12-14H,6-7,10-11H2,1H3. The van der Waals surface area contributed by atoms with Crippen molar-refractivity contribution in [1.29, 1.82) is 0 Å². The van der Waals surface area contributed by atoms with Crippen LogP contribution in [0, 0.1) is 0 Å². The van der Waals surface area contributed by atoms with Crippen molar-refractivity contribution >= 4 is 21.9 Å². The van der Waals surface area contributed by atoms with Crippen molar-refractivity contribution in [2.75, 3.05) is 7.05 Å². The lowest BCUT2D eigenvalue weighted by Crippen LogP contribution is -2.42. The number of para-hydroxylation sites is 1. The van der Waals surface area contributed by atoms with Gasteiger partial charge in [-0.2, -0.15) is 0 Å². The zero-order valence-corrected chi connectivity index (χ0v) is 13.2. The van der Waals surface area contributed by atoms with Crippen molar-refractivity contribution in [3.8, 4) is 0 Å². The smallest absolute Gasteiger partial charge is 0.262 e. The Morgan fingerprint density at radius 1 is 1.00 bits per heavy atom. The molecule has 2 atom stereocenters. The maximum Gasteiger partial charge on any atom is 0.262 e. The van der Waals surface area contributed by atoms with Crippen molar-refractivity contribution in [3.05, 3.63) is 46.9 Å². The molecule has 23 heavy (non-hydrogen) atoms. The van der Waals surface area contributed by atoms with Gasteiger partial charge in [-0.05, 0) is 44.9 Å². The Balaban J connectivity index is 1.67. The van der Waals surface area contributed by atoms with Crippen LogP contribution in [0.1, 0.15) is 31.7 Å². The lowest BCUT2D eigenvalue weighted by atomic mass is 9.97. The van der Waals surface area contributed by atoms with E-state index in [-0.39, 0.29) is 5.56 Å². The number of benzene rings is 1. The van der Waals surface area contributed by atoms with Crippen LogP contribution >= 0.6 is 0 Å². The highest BCUT2D eigenvalue weighted by atomic mass is 16.3. The number of furan rings is 1. The van der Waals surface area contributed by atoms with Crippen LogP contribution in [-0.2, 0) is 0 Å². The molecule has 2 aliphatic heterocycles. The van der Waals surface area contributed by atoms with Crippen LogP contribution in [-0.4, -0.2) is 28.6 Å². The zero-order chi connectivity index (χ0) is 15.6. The van der Waals surface area contributed by atoms with Crippen molar-refractivity contribution in [3.63, 3.8) is 0 Å². The summed E-state index contributed by atoms with van der Waals surface area (Å²) in [4.78, 5) is 15.6. The van der Waals surface area contributed by atoms with E-state index in [1.165, 1.54) is 12.8 Å². The van der Waals surface area contributed by atoms with E-state index in [4.69, 9.17) is 4.42 Å². The fraction of sp³-hybridized carbons (Fsp3) is 0.421. The fourth-order valence-electron chi connectivity index (χ4n) is 4.64. The largest absolute Gasteiger partial charge is 0.456 e. The fourth-order valence-corrected chi connectivity index (χ4v) is 4.64. The second-order valence-corrected chi connectivity index (χ2v) is 7.04. The van der Waals surface area contributed by atoms with Gasteiger partial charge in [-0.25, -0.2) is 0 Å². The first-order valence-electron chi connectivity index (χ1n) is 8.46. The first-order chi connectivity index (χ1) is 11.2. The highest BCUT2D eigenvalue weighted by molar-refractivity contribution is 6.04. The van der Waals surface area contributed by atoms with Gasteiger partial charge in [-0.3, -0.25) is 4.79 Å². The van der Waals surface area contributed by atoms with Crippen LogP contribution in [0.3, 0.4) is 0 Å². The summed E-state index contributed by atoms with van der Waals surface area (Å²) in [5.41, 5.74) is 1.59. The highest BCUT2D eigenvalue weighted by Crippen LogP contribution is 2.39. The average molecular weight is 308 g/mol. The molecule has 1 aromatic carbocycles. The number of piperidine rings is 1. The molecule has 0 saturated carbocycles. The summed E-state index contributed by atoms with van der Waals surface area (Å²) in [5, 5.41) is 1.66. The highest BCUT2D eigenvalue weighted by Gasteiger charge is 2.39. The van der Waals surface area contributed by atoms with Gasteiger partial charge in [0, 0.05) is 29.7 Å². The van der Waals surface area contributed by atoms with E-state index in [0.29, 0.717) is 23.7 Å². The van der Waals surface area contributed by atoms with Crippen molar-refractivity contribution in [2.45, 2.75) is 43.8 Å². The van der Waals surface area contributed by atoms with Crippen LogP contribution < -0.4 is 5.56 Å². The third-order valence-corrected chi connectivity index (χ3v) is 5.92. The molecule has 2 aromatic heterocycles. The summed E-state index contributed by atoms with van der Waals surface area (Å²) < 4.78 is 7.79. The number of aromatic nitrogens is 1. The summed E-state index contributed by atoms with van der Waals surface area (Å²) in [6.45, 7) is 0. The number of fused-ring (bicyclic) bond motifs is 5. The molecule has 0 N–H and O–H groups in total. The molecule has 4 heterocycles. The van der Waals surface area contributed by atoms with Crippen molar-refractivity contribution in [2.24, 2.45) is 0 Å². The third kappa shape index (κ3) is 1.84. The minimum atomic E-state index is 0.0985. The van der Waals surface area contributed by atoms with Gasteiger partial charge in [0.25, 0.3) is 5.56 Å². The monoisotopic (exact) mass is 308 g/mol. The predicted molar refractivity (Wildman–Crippen MR) is 90.8 cm³/mol. The summed E-state index contributed by atoms with van der Waals surface area (Å²) in [7, 11) is 2.23. The van der Waals surface area contributed by atoms with Gasteiger partial charge in [0.15, 0.2) is 0 Å². The molecule has 3 aromatic rings. The topological polar surface area (TPSA) is 38.4 Å². The van der Waals surface area contributed by atoms with E-state index < -0.39 is 0 Å². The first kappa shape index (κ1) is 13.4. The molecular formula is C19H20N2O2. The van der Waals surface area contributed by atoms with Gasteiger partial charge >= 0.3 is 0 Å². The molecule has 2 fully saturated rings. The van der Waals surface area contributed by atoms with Gasteiger partial charge in [0.2, 0.25) is 0 Å². The second-order valence-electron chi connectivity index (χ2n) is 7.04. The number of rotatable bonds is 1. The number of hydrogen-bond donors (Lipinski definition) is 0. The van der Waals surface area contributed by atoms with Gasteiger partial charge in [-0.1, -0.05) is 18.2 Å². The Labute approximate surface area is 134 Å². The van der Waals surface area contributed by atoms with E-state index >= 15 is 0 Å². The van der Waals surface area contributed by atoms with E-state index in [2.05, 4.69) is 11.9 Å². The Kier molecular flexibility index (Phi) is 2.74. The Morgan fingerprint density at radius 3 is 2.52 bits per heavy atom. The van der Waals surface area contributed by atoms with Crippen molar-refractivity contribution < 1.29 is 4.42 Å². The van der Waals surface area contributed by atoms with E-state index in [1.807, 2.05) is 41.1 Å². The third-order valence-electron chi connectivity index (χ3n) is 5.92. The molecule has 4 heteroatoms. The molecular weight excluding hydrogens is 288 g/mol. The van der Waals surface area contributed by atoms with Crippen molar-refractivity contribution in [1.82, 2.24) is 9.47 Å². The molecule has 5 rings (SSSR count). The number of pyridine rings is 1. The molecule has 0 aliphatic carbocycles.